The largest absolute Gasteiger partial charge is 0.465 e. The van der Waals surface area contributed by atoms with Gasteiger partial charge in [0.15, 0.2) is 0 Å². The average molecular weight is 249 g/mol. The van der Waals surface area contributed by atoms with Gasteiger partial charge in [0.2, 0.25) is 0 Å². The Balaban J connectivity index is 0.000000232. The average Bonchev–Trinajstić information content (AvgIpc) is 2.78. The van der Waals surface area contributed by atoms with Gasteiger partial charge in [0, 0.05) is 19.8 Å². The molecule has 1 heterocycles. The smallest absolute Gasteiger partial charge is 0.406 e. The molecule has 1 aliphatic rings. The van der Waals surface area contributed by atoms with Crippen molar-refractivity contribution in [2.24, 2.45) is 0 Å². The maximum absolute atomic E-state index is 9.62. The van der Waals surface area contributed by atoms with Crippen LogP contribution < -0.4 is 10.4 Å². The Bertz CT molecular complexity index is 416. The Morgan fingerprint density at radius 1 is 1.33 bits per heavy atom. The number of carbonyl (C=O) groups is 1. The van der Waals surface area contributed by atoms with Crippen molar-refractivity contribution >= 4 is 11.8 Å². The van der Waals surface area contributed by atoms with Gasteiger partial charge in [-0.15, -0.1) is 0 Å². The fourth-order valence-electron chi connectivity index (χ4n) is 1.31. The number of nitrogens with one attached hydrogen (secondary N) is 1. The van der Waals surface area contributed by atoms with Gasteiger partial charge in [0.05, 0.1) is 12.2 Å². The number of allylic oxidation sites excluding steroid dienone is 1. The van der Waals surface area contributed by atoms with E-state index in [1.807, 2.05) is 18.2 Å². The highest BCUT2D eigenvalue weighted by molar-refractivity contribution is 5.63. The lowest BCUT2D eigenvalue weighted by Gasteiger charge is -2.19. The lowest BCUT2D eigenvalue weighted by Crippen LogP contribution is -2.31. The van der Waals surface area contributed by atoms with Crippen molar-refractivity contribution in [2.45, 2.75) is 6.92 Å². The summed E-state index contributed by atoms with van der Waals surface area (Å²) in [6.45, 7) is 3.03. The van der Waals surface area contributed by atoms with E-state index in [4.69, 9.17) is 5.11 Å². The predicted molar refractivity (Wildman–Crippen MR) is 72.4 cm³/mol. The monoisotopic (exact) mass is 249 g/mol. The number of nitrogens with zero attached hydrogens (tertiary/aromatic N) is 2. The molecule has 1 aliphatic heterocycles. The van der Waals surface area contributed by atoms with Gasteiger partial charge in [-0.3, -0.25) is 5.01 Å². The Hall–Kier alpha value is -2.17. The number of hydrazine groups is 1. The molecule has 1 amide bonds. The maximum Gasteiger partial charge on any atom is 0.406 e. The van der Waals surface area contributed by atoms with Crippen LogP contribution in [0.2, 0.25) is 0 Å². The second kappa shape index (κ2) is 6.54. The van der Waals surface area contributed by atoms with Gasteiger partial charge in [-0.1, -0.05) is 18.2 Å². The van der Waals surface area contributed by atoms with Gasteiger partial charge < -0.3 is 15.4 Å². The molecular weight excluding hydrogens is 230 g/mol. The first kappa shape index (κ1) is 13.9. The molecule has 0 fully saturated rings. The minimum absolute atomic E-state index is 0.907. The van der Waals surface area contributed by atoms with Gasteiger partial charge in [-0.2, -0.15) is 0 Å². The summed E-state index contributed by atoms with van der Waals surface area (Å²) in [4.78, 5) is 10.7. The van der Waals surface area contributed by atoms with E-state index in [2.05, 4.69) is 35.6 Å². The third-order valence-electron chi connectivity index (χ3n) is 2.34. The van der Waals surface area contributed by atoms with Crippen molar-refractivity contribution < 1.29 is 9.90 Å². The molecule has 1 aromatic rings. The number of hydrogen-bond acceptors (Lipinski definition) is 3. The molecule has 0 saturated carbocycles. The summed E-state index contributed by atoms with van der Waals surface area (Å²) < 4.78 is 0. The molecule has 2 N–H and O–H groups in total. The lowest BCUT2D eigenvalue weighted by atomic mass is 10.3. The second-order valence-electron chi connectivity index (χ2n) is 4.12. The number of carboxylic acid groups (broad SMARTS) is 1. The Kier molecular flexibility index (Phi) is 5.05. The number of para-hydroxylation sites is 1. The fourth-order valence-corrected chi connectivity index (χ4v) is 1.31. The van der Waals surface area contributed by atoms with Crippen molar-refractivity contribution in [2.75, 3.05) is 25.6 Å². The number of hydrogen-bond donors (Lipinski definition) is 2. The van der Waals surface area contributed by atoms with Crippen molar-refractivity contribution in [3.05, 3.63) is 42.1 Å². The highest BCUT2D eigenvalue weighted by Gasteiger charge is 2.08. The van der Waals surface area contributed by atoms with Gasteiger partial charge in [0.1, 0.15) is 0 Å². The molecule has 0 aliphatic carbocycles. The van der Waals surface area contributed by atoms with Crippen molar-refractivity contribution in [1.82, 2.24) is 10.3 Å². The van der Waals surface area contributed by atoms with Crippen LogP contribution in [-0.2, 0) is 0 Å². The van der Waals surface area contributed by atoms with Gasteiger partial charge in [0.25, 0.3) is 0 Å². The molecule has 0 spiro atoms. The molecule has 5 nitrogen and oxygen atoms in total. The SMILES string of the molecule is CC1=CCN(c2ccccc2)N1.CN(C)C(=O)O. The summed E-state index contributed by atoms with van der Waals surface area (Å²) in [7, 11) is 2.95. The molecule has 0 aromatic heterocycles. The molecule has 0 atom stereocenters. The Morgan fingerprint density at radius 2 is 1.89 bits per heavy atom. The first-order valence-corrected chi connectivity index (χ1v) is 5.67. The summed E-state index contributed by atoms with van der Waals surface area (Å²) >= 11 is 0. The van der Waals surface area contributed by atoms with Crippen LogP contribution in [0.4, 0.5) is 10.5 Å². The van der Waals surface area contributed by atoms with Crippen molar-refractivity contribution in [1.29, 1.82) is 0 Å². The summed E-state index contributed by atoms with van der Waals surface area (Å²) in [6.07, 6.45) is 1.27. The van der Waals surface area contributed by atoms with E-state index in [0.717, 1.165) is 11.4 Å². The zero-order chi connectivity index (χ0) is 13.5. The molecule has 2 rings (SSSR count). The van der Waals surface area contributed by atoms with E-state index >= 15 is 0 Å². The quantitative estimate of drug-likeness (QED) is 0.800. The van der Waals surface area contributed by atoms with Crippen molar-refractivity contribution in [3.8, 4) is 0 Å². The molecule has 0 unspecified atom stereocenters. The van der Waals surface area contributed by atoms with Gasteiger partial charge >= 0.3 is 6.09 Å². The van der Waals surface area contributed by atoms with E-state index in [9.17, 15) is 4.79 Å². The predicted octanol–water partition coefficient (Wildman–Crippen LogP) is 2.14. The molecule has 0 radical (unpaired) electrons. The minimum Gasteiger partial charge on any atom is -0.465 e. The molecular formula is C13H19N3O2. The minimum atomic E-state index is -0.907. The second-order valence-corrected chi connectivity index (χ2v) is 4.12. The molecule has 98 valence electrons. The van der Waals surface area contributed by atoms with Crippen LogP contribution in [0, 0.1) is 0 Å². The summed E-state index contributed by atoms with van der Waals surface area (Å²) in [5, 5.41) is 10.0. The number of benzene rings is 1. The van der Waals surface area contributed by atoms with Crippen LogP contribution in [0.15, 0.2) is 42.1 Å². The fraction of sp³-hybridized carbons (Fsp3) is 0.308. The van der Waals surface area contributed by atoms with Crippen LogP contribution in [0.3, 0.4) is 0 Å². The van der Waals surface area contributed by atoms with Crippen LogP contribution in [0.1, 0.15) is 6.92 Å². The third kappa shape index (κ3) is 4.37. The highest BCUT2D eigenvalue weighted by atomic mass is 16.4. The van der Waals surface area contributed by atoms with E-state index in [0.29, 0.717) is 0 Å². The number of rotatable bonds is 1. The van der Waals surface area contributed by atoms with E-state index in [1.165, 1.54) is 25.5 Å². The van der Waals surface area contributed by atoms with Crippen LogP contribution in [0.5, 0.6) is 0 Å². The standard InChI is InChI=1S/C10H12N2.C3H7NO2/c1-9-7-8-12(11-9)10-5-3-2-4-6-10;1-4(2)3(5)6/h2-7,11H,8H2,1H3;1-2H3,(H,5,6). The number of amides is 1. The zero-order valence-corrected chi connectivity index (χ0v) is 10.9. The van der Waals surface area contributed by atoms with E-state index in [-0.39, 0.29) is 0 Å². The van der Waals surface area contributed by atoms with Gasteiger partial charge in [-0.05, 0) is 25.1 Å². The van der Waals surface area contributed by atoms with Gasteiger partial charge in [-0.25, -0.2) is 4.79 Å². The van der Waals surface area contributed by atoms with E-state index in [1.54, 1.807) is 0 Å². The Labute approximate surface area is 107 Å². The van der Waals surface area contributed by atoms with Crippen LogP contribution in [-0.4, -0.2) is 36.7 Å². The van der Waals surface area contributed by atoms with Crippen molar-refractivity contribution in [3.63, 3.8) is 0 Å². The topological polar surface area (TPSA) is 55.8 Å². The summed E-state index contributed by atoms with van der Waals surface area (Å²) in [5.41, 5.74) is 5.70. The third-order valence-corrected chi connectivity index (χ3v) is 2.34. The Morgan fingerprint density at radius 3 is 2.28 bits per heavy atom. The van der Waals surface area contributed by atoms with Crippen LogP contribution in [0.25, 0.3) is 0 Å². The highest BCUT2D eigenvalue weighted by Crippen LogP contribution is 2.14. The first-order chi connectivity index (χ1) is 8.50. The molecule has 0 saturated heterocycles. The zero-order valence-electron chi connectivity index (χ0n) is 10.9. The maximum atomic E-state index is 9.62. The normalized spacial score (nSPS) is 13.1. The molecule has 1 aromatic carbocycles. The first-order valence-electron chi connectivity index (χ1n) is 5.67. The molecule has 18 heavy (non-hydrogen) atoms. The summed E-state index contributed by atoms with van der Waals surface area (Å²) in [6, 6.07) is 10.3. The molecule has 5 heteroatoms. The number of anilines is 1. The van der Waals surface area contributed by atoms with Crippen LogP contribution >= 0.6 is 0 Å². The molecule has 0 bridgehead atoms. The van der Waals surface area contributed by atoms with E-state index < -0.39 is 6.09 Å². The lowest BCUT2D eigenvalue weighted by molar-refractivity contribution is 0.165. The summed E-state index contributed by atoms with van der Waals surface area (Å²) in [5.74, 6) is 0.